The number of aliphatic hydroxyl groups is 3. The highest BCUT2D eigenvalue weighted by Crippen LogP contribution is 2.11. The number of allylic oxidation sites excluding steroid dienone is 1. The van der Waals surface area contributed by atoms with E-state index in [-0.39, 0.29) is 12.7 Å². The van der Waals surface area contributed by atoms with E-state index in [1.807, 2.05) is 18.2 Å². The van der Waals surface area contributed by atoms with Crippen molar-refractivity contribution in [3.63, 3.8) is 0 Å². The van der Waals surface area contributed by atoms with Crippen molar-refractivity contribution >= 4 is 0 Å². The van der Waals surface area contributed by atoms with Crippen LogP contribution in [0.3, 0.4) is 0 Å². The summed E-state index contributed by atoms with van der Waals surface area (Å²) in [6.07, 6.45) is 13.3. The first-order valence-corrected chi connectivity index (χ1v) is 10.2. The Balaban J connectivity index is 2.30. The second-order valence-electron chi connectivity index (χ2n) is 7.09. The molecule has 0 saturated carbocycles. The quantitative estimate of drug-likeness (QED) is 0.326. The molecule has 2 atom stereocenters. The van der Waals surface area contributed by atoms with E-state index in [0.29, 0.717) is 25.7 Å². The van der Waals surface area contributed by atoms with Crippen LogP contribution in [0.5, 0.6) is 0 Å². The van der Waals surface area contributed by atoms with E-state index in [0.717, 1.165) is 37.1 Å². The van der Waals surface area contributed by atoms with Gasteiger partial charge >= 0.3 is 0 Å². The zero-order valence-electron chi connectivity index (χ0n) is 16.3. The molecule has 1 rings (SSSR count). The van der Waals surface area contributed by atoms with Gasteiger partial charge in [-0.1, -0.05) is 38.0 Å². The van der Waals surface area contributed by atoms with Crippen molar-refractivity contribution in [3.8, 4) is 0 Å². The van der Waals surface area contributed by atoms with Crippen LogP contribution in [-0.2, 0) is 12.8 Å². The molecule has 148 valence electrons. The molecule has 1 aromatic heterocycles. The van der Waals surface area contributed by atoms with Crippen LogP contribution in [0.15, 0.2) is 30.4 Å². The van der Waals surface area contributed by atoms with E-state index in [1.165, 1.54) is 19.3 Å². The summed E-state index contributed by atoms with van der Waals surface area (Å²) in [4.78, 5) is 4.60. The third kappa shape index (κ3) is 11.4. The van der Waals surface area contributed by atoms with E-state index in [9.17, 15) is 10.2 Å². The van der Waals surface area contributed by atoms with Crippen molar-refractivity contribution in [2.45, 2.75) is 89.8 Å². The van der Waals surface area contributed by atoms with E-state index in [1.54, 1.807) is 0 Å². The zero-order chi connectivity index (χ0) is 19.0. The van der Waals surface area contributed by atoms with Crippen LogP contribution in [0.25, 0.3) is 0 Å². The van der Waals surface area contributed by atoms with Gasteiger partial charge in [0.2, 0.25) is 0 Å². The van der Waals surface area contributed by atoms with Gasteiger partial charge in [0.15, 0.2) is 0 Å². The van der Waals surface area contributed by atoms with E-state index in [4.69, 9.17) is 5.11 Å². The Morgan fingerprint density at radius 3 is 2.54 bits per heavy atom. The Bertz CT molecular complexity index is 490. The summed E-state index contributed by atoms with van der Waals surface area (Å²) in [7, 11) is 0. The summed E-state index contributed by atoms with van der Waals surface area (Å²) in [5.41, 5.74) is 1.86. The fraction of sp³-hybridized carbons (Fsp3) is 0.682. The van der Waals surface area contributed by atoms with E-state index >= 15 is 0 Å². The standard InChI is InChI=1S/C22H37NO3/c1-2-3-4-5-6-7-13-21(25)16-15-19-11-10-12-20(23-19)18-22(26)14-8-9-17-24/h6-7,10-12,21-22,24-26H,2-5,8-9,13-18H2,1H3. The summed E-state index contributed by atoms with van der Waals surface area (Å²) in [5.74, 6) is 0. The average molecular weight is 364 g/mol. The number of aromatic nitrogens is 1. The van der Waals surface area contributed by atoms with E-state index in [2.05, 4.69) is 24.1 Å². The summed E-state index contributed by atoms with van der Waals surface area (Å²) in [5, 5.41) is 28.9. The molecule has 0 saturated heterocycles. The number of rotatable bonds is 15. The van der Waals surface area contributed by atoms with Crippen LogP contribution < -0.4 is 0 Å². The lowest BCUT2D eigenvalue weighted by molar-refractivity contribution is 0.156. The van der Waals surface area contributed by atoms with Crippen molar-refractivity contribution in [2.24, 2.45) is 0 Å². The normalized spacial score (nSPS) is 14.0. The Labute approximate surface area is 159 Å². The molecule has 4 nitrogen and oxygen atoms in total. The topological polar surface area (TPSA) is 73.6 Å². The first-order chi connectivity index (χ1) is 12.7. The molecule has 3 N–H and O–H groups in total. The minimum Gasteiger partial charge on any atom is -0.396 e. The maximum absolute atomic E-state index is 10.1. The molecule has 1 heterocycles. The van der Waals surface area contributed by atoms with Gasteiger partial charge in [0.1, 0.15) is 0 Å². The predicted octanol–water partition coefficient (Wildman–Crippen LogP) is 3.97. The summed E-state index contributed by atoms with van der Waals surface area (Å²) in [6, 6.07) is 5.89. The Hall–Kier alpha value is -1.23. The number of hydrogen-bond donors (Lipinski definition) is 3. The minimum atomic E-state index is -0.410. The highest BCUT2D eigenvalue weighted by atomic mass is 16.3. The van der Waals surface area contributed by atoms with Crippen LogP contribution in [0.1, 0.15) is 76.1 Å². The lowest BCUT2D eigenvalue weighted by atomic mass is 10.1. The van der Waals surface area contributed by atoms with Crippen LogP contribution in [0, 0.1) is 0 Å². The smallest absolute Gasteiger partial charge is 0.0595 e. The molecule has 0 amide bonds. The van der Waals surface area contributed by atoms with Gasteiger partial charge in [0, 0.05) is 24.4 Å². The Morgan fingerprint density at radius 2 is 1.77 bits per heavy atom. The second kappa shape index (κ2) is 14.9. The molecule has 4 heteroatoms. The first kappa shape index (κ1) is 22.8. The van der Waals surface area contributed by atoms with Crippen LogP contribution in [-0.4, -0.2) is 39.1 Å². The second-order valence-corrected chi connectivity index (χ2v) is 7.09. The lowest BCUT2D eigenvalue weighted by Gasteiger charge is -2.11. The molecule has 0 aliphatic rings. The fourth-order valence-corrected chi connectivity index (χ4v) is 2.93. The number of aryl methyl sites for hydroxylation is 1. The first-order valence-electron chi connectivity index (χ1n) is 10.2. The fourth-order valence-electron chi connectivity index (χ4n) is 2.93. The number of hydrogen-bond acceptors (Lipinski definition) is 4. The third-order valence-corrected chi connectivity index (χ3v) is 4.54. The van der Waals surface area contributed by atoms with Crippen molar-refractivity contribution in [3.05, 3.63) is 41.7 Å². The summed E-state index contributed by atoms with van der Waals surface area (Å²) >= 11 is 0. The predicted molar refractivity (Wildman–Crippen MR) is 107 cm³/mol. The molecule has 1 aromatic rings. The van der Waals surface area contributed by atoms with Crippen molar-refractivity contribution < 1.29 is 15.3 Å². The molecular weight excluding hydrogens is 326 g/mol. The number of aliphatic hydroxyl groups excluding tert-OH is 3. The number of nitrogens with zero attached hydrogens (tertiary/aromatic N) is 1. The molecule has 0 fully saturated rings. The van der Waals surface area contributed by atoms with Gasteiger partial charge in [-0.2, -0.15) is 0 Å². The maximum Gasteiger partial charge on any atom is 0.0595 e. The summed E-state index contributed by atoms with van der Waals surface area (Å²) in [6.45, 7) is 2.38. The van der Waals surface area contributed by atoms with Gasteiger partial charge in [0.05, 0.1) is 12.2 Å². The van der Waals surface area contributed by atoms with Crippen molar-refractivity contribution in [1.29, 1.82) is 0 Å². The van der Waals surface area contributed by atoms with Crippen LogP contribution in [0.2, 0.25) is 0 Å². The average Bonchev–Trinajstić information content (AvgIpc) is 2.63. The van der Waals surface area contributed by atoms with Crippen molar-refractivity contribution in [2.75, 3.05) is 6.61 Å². The number of unbranched alkanes of at least 4 members (excludes halogenated alkanes) is 4. The van der Waals surface area contributed by atoms with Crippen molar-refractivity contribution in [1.82, 2.24) is 4.98 Å². The minimum absolute atomic E-state index is 0.177. The lowest BCUT2D eigenvalue weighted by Crippen LogP contribution is -2.13. The molecule has 0 spiro atoms. The van der Waals surface area contributed by atoms with E-state index < -0.39 is 6.10 Å². The van der Waals surface area contributed by atoms with Gasteiger partial charge < -0.3 is 15.3 Å². The molecule has 0 aliphatic carbocycles. The van der Waals surface area contributed by atoms with Gasteiger partial charge in [-0.15, -0.1) is 0 Å². The van der Waals surface area contributed by atoms with Crippen LogP contribution in [0.4, 0.5) is 0 Å². The largest absolute Gasteiger partial charge is 0.396 e. The van der Waals surface area contributed by atoms with Gasteiger partial charge in [-0.25, -0.2) is 0 Å². The maximum atomic E-state index is 10.1. The third-order valence-electron chi connectivity index (χ3n) is 4.54. The highest BCUT2D eigenvalue weighted by Gasteiger charge is 2.08. The van der Waals surface area contributed by atoms with Crippen LogP contribution >= 0.6 is 0 Å². The molecule has 2 unspecified atom stereocenters. The molecular formula is C22H37NO3. The molecule has 0 radical (unpaired) electrons. The molecule has 0 aliphatic heterocycles. The highest BCUT2D eigenvalue weighted by molar-refractivity contribution is 5.12. The monoisotopic (exact) mass is 363 g/mol. The van der Waals surface area contributed by atoms with Gasteiger partial charge in [-0.05, 0) is 63.5 Å². The molecule has 0 bridgehead atoms. The SMILES string of the molecule is CCCCCC=CCC(O)CCc1cccc(CC(O)CCCCO)n1. The Kier molecular flexibility index (Phi) is 13.1. The van der Waals surface area contributed by atoms with Gasteiger partial charge in [-0.3, -0.25) is 4.98 Å². The summed E-state index contributed by atoms with van der Waals surface area (Å²) < 4.78 is 0. The molecule has 0 aromatic carbocycles. The Morgan fingerprint density at radius 1 is 0.962 bits per heavy atom. The molecule has 26 heavy (non-hydrogen) atoms. The van der Waals surface area contributed by atoms with Gasteiger partial charge in [0.25, 0.3) is 0 Å². The number of pyridine rings is 1. The zero-order valence-corrected chi connectivity index (χ0v) is 16.3.